The van der Waals surface area contributed by atoms with Crippen molar-refractivity contribution in [1.29, 1.82) is 0 Å². The van der Waals surface area contributed by atoms with E-state index < -0.39 is 0 Å². The second kappa shape index (κ2) is 6.38. The van der Waals surface area contributed by atoms with Crippen molar-refractivity contribution in [3.05, 3.63) is 71.6 Å². The molecule has 5 rings (SSSR count). The van der Waals surface area contributed by atoms with E-state index in [2.05, 4.69) is 0 Å². The minimum Gasteiger partial charge on any atom is -0.497 e. The molecule has 29 heavy (non-hydrogen) atoms. The number of nitrogen functional groups attached to an aromatic ring is 1. The number of nitrogens with two attached hydrogens (primary N) is 1. The van der Waals surface area contributed by atoms with Crippen LogP contribution in [0.15, 0.2) is 60.3 Å². The SMILES string of the molecule is COc1ccc(OC)c(-c2cccc3c(N)c4c(nc23)CN(C2=CC=C2)C4=O)c1. The number of aromatic nitrogens is 1. The molecule has 2 aliphatic rings. The van der Waals surface area contributed by atoms with E-state index in [-0.39, 0.29) is 5.91 Å². The highest BCUT2D eigenvalue weighted by Gasteiger charge is 2.34. The third kappa shape index (κ3) is 2.49. The van der Waals surface area contributed by atoms with E-state index in [0.717, 1.165) is 33.5 Å². The maximum absolute atomic E-state index is 12.9. The minimum atomic E-state index is -0.105. The number of hydrogen-bond donors (Lipinski definition) is 1. The van der Waals surface area contributed by atoms with Crippen molar-refractivity contribution < 1.29 is 14.3 Å². The van der Waals surface area contributed by atoms with E-state index in [1.165, 1.54) is 0 Å². The number of pyridine rings is 1. The summed E-state index contributed by atoms with van der Waals surface area (Å²) in [5.41, 5.74) is 11.5. The molecule has 3 aromatic rings. The van der Waals surface area contributed by atoms with Crippen LogP contribution in [-0.2, 0) is 6.54 Å². The fourth-order valence-corrected chi connectivity index (χ4v) is 3.88. The van der Waals surface area contributed by atoms with Crippen molar-refractivity contribution >= 4 is 22.5 Å². The van der Waals surface area contributed by atoms with Gasteiger partial charge in [-0.3, -0.25) is 4.79 Å². The molecule has 0 unspecified atom stereocenters. The van der Waals surface area contributed by atoms with E-state index in [1.807, 2.05) is 54.6 Å². The molecule has 1 aromatic heterocycles. The molecule has 6 nitrogen and oxygen atoms in total. The lowest BCUT2D eigenvalue weighted by Crippen LogP contribution is -2.24. The molecule has 0 atom stereocenters. The molecule has 1 amide bonds. The molecule has 0 fully saturated rings. The van der Waals surface area contributed by atoms with E-state index in [4.69, 9.17) is 20.2 Å². The fourth-order valence-electron chi connectivity index (χ4n) is 3.88. The smallest absolute Gasteiger partial charge is 0.262 e. The van der Waals surface area contributed by atoms with Crippen LogP contribution in [0.2, 0.25) is 0 Å². The Kier molecular flexibility index (Phi) is 3.81. The van der Waals surface area contributed by atoms with Gasteiger partial charge in [-0.1, -0.05) is 24.3 Å². The van der Waals surface area contributed by atoms with Crippen molar-refractivity contribution in [2.24, 2.45) is 0 Å². The van der Waals surface area contributed by atoms with Gasteiger partial charge in [-0.05, 0) is 30.4 Å². The largest absolute Gasteiger partial charge is 0.497 e. The Morgan fingerprint density at radius 3 is 2.62 bits per heavy atom. The Bertz CT molecular complexity index is 1240. The first-order valence-corrected chi connectivity index (χ1v) is 9.26. The average Bonchev–Trinajstić information content (AvgIpc) is 3.02. The second-order valence-corrected chi connectivity index (χ2v) is 6.96. The maximum Gasteiger partial charge on any atom is 0.262 e. The van der Waals surface area contributed by atoms with Gasteiger partial charge < -0.3 is 20.1 Å². The van der Waals surface area contributed by atoms with Crippen LogP contribution in [0.1, 0.15) is 16.1 Å². The van der Waals surface area contributed by atoms with Crippen molar-refractivity contribution in [2.45, 2.75) is 6.54 Å². The molecule has 0 spiro atoms. The highest BCUT2D eigenvalue weighted by molar-refractivity contribution is 6.12. The number of carbonyl (C=O) groups is 1. The molecular formula is C23H19N3O3. The summed E-state index contributed by atoms with van der Waals surface area (Å²) >= 11 is 0. The van der Waals surface area contributed by atoms with Crippen LogP contribution in [0.5, 0.6) is 11.5 Å². The maximum atomic E-state index is 12.9. The molecule has 2 aromatic carbocycles. The molecule has 2 heterocycles. The van der Waals surface area contributed by atoms with Gasteiger partial charge in [0.05, 0.1) is 43.2 Å². The number of anilines is 1. The summed E-state index contributed by atoms with van der Waals surface area (Å²) < 4.78 is 11.0. The molecule has 1 aliphatic heterocycles. The molecule has 2 N–H and O–H groups in total. The first kappa shape index (κ1) is 17.3. The highest BCUT2D eigenvalue weighted by atomic mass is 16.5. The zero-order chi connectivity index (χ0) is 20.1. The van der Waals surface area contributed by atoms with E-state index >= 15 is 0 Å². The zero-order valence-electron chi connectivity index (χ0n) is 16.1. The third-order valence-electron chi connectivity index (χ3n) is 5.44. The Hall–Kier alpha value is -3.80. The molecule has 1 aliphatic carbocycles. The highest BCUT2D eigenvalue weighted by Crippen LogP contribution is 2.41. The predicted molar refractivity (Wildman–Crippen MR) is 112 cm³/mol. The first-order valence-electron chi connectivity index (χ1n) is 9.26. The van der Waals surface area contributed by atoms with Gasteiger partial charge in [0.1, 0.15) is 11.5 Å². The molecule has 0 saturated heterocycles. The topological polar surface area (TPSA) is 77.7 Å². The van der Waals surface area contributed by atoms with Crippen molar-refractivity contribution in [3.8, 4) is 22.6 Å². The van der Waals surface area contributed by atoms with Crippen molar-refractivity contribution in [2.75, 3.05) is 20.0 Å². The standard InChI is InChI=1S/C23H19N3O3/c1-28-14-9-10-19(29-2)17(11-14)15-7-4-8-16-21(24)20-18(25-22(15)16)12-26(23(20)27)13-5-3-6-13/h3-11H,12H2,1-2H3,(H2,24,25). The van der Waals surface area contributed by atoms with E-state index in [0.29, 0.717) is 29.2 Å². The molecular weight excluding hydrogens is 366 g/mol. The van der Waals surface area contributed by atoms with Crippen LogP contribution in [0.3, 0.4) is 0 Å². The summed E-state index contributed by atoms with van der Waals surface area (Å²) in [4.78, 5) is 19.5. The van der Waals surface area contributed by atoms with Crippen LogP contribution < -0.4 is 15.2 Å². The van der Waals surface area contributed by atoms with Gasteiger partial charge in [-0.15, -0.1) is 0 Å². The van der Waals surface area contributed by atoms with Crippen LogP contribution in [0.25, 0.3) is 22.0 Å². The summed E-state index contributed by atoms with van der Waals surface area (Å²) in [6, 6.07) is 11.4. The lowest BCUT2D eigenvalue weighted by Gasteiger charge is -2.19. The summed E-state index contributed by atoms with van der Waals surface area (Å²) in [5, 5.41) is 0.749. The lowest BCUT2D eigenvalue weighted by atomic mass is 9.98. The molecule has 0 saturated carbocycles. The van der Waals surface area contributed by atoms with Gasteiger partial charge in [-0.2, -0.15) is 0 Å². The van der Waals surface area contributed by atoms with E-state index in [1.54, 1.807) is 19.1 Å². The number of nitrogens with zero attached hydrogens (tertiary/aromatic N) is 2. The summed E-state index contributed by atoms with van der Waals surface area (Å²) in [6.45, 7) is 0.411. The average molecular weight is 385 g/mol. The van der Waals surface area contributed by atoms with Gasteiger partial charge in [0.15, 0.2) is 0 Å². The number of allylic oxidation sites excluding steroid dienone is 3. The summed E-state index contributed by atoms with van der Waals surface area (Å²) in [7, 11) is 3.26. The number of para-hydroxylation sites is 1. The Balaban J connectivity index is 1.73. The molecule has 0 radical (unpaired) electrons. The minimum absolute atomic E-state index is 0.105. The number of methoxy groups -OCH3 is 2. The summed E-state index contributed by atoms with van der Waals surface area (Å²) in [6.07, 6.45) is 5.73. The van der Waals surface area contributed by atoms with Crippen LogP contribution >= 0.6 is 0 Å². The zero-order valence-corrected chi connectivity index (χ0v) is 16.1. The first-order chi connectivity index (χ1) is 14.1. The Morgan fingerprint density at radius 2 is 1.93 bits per heavy atom. The van der Waals surface area contributed by atoms with Crippen molar-refractivity contribution in [1.82, 2.24) is 9.88 Å². The molecule has 0 bridgehead atoms. The monoisotopic (exact) mass is 385 g/mol. The van der Waals surface area contributed by atoms with E-state index in [9.17, 15) is 4.79 Å². The third-order valence-corrected chi connectivity index (χ3v) is 5.44. The van der Waals surface area contributed by atoms with Crippen LogP contribution in [0, 0.1) is 0 Å². The molecule has 6 heteroatoms. The van der Waals surface area contributed by atoms with Gasteiger partial charge >= 0.3 is 0 Å². The van der Waals surface area contributed by atoms with Gasteiger partial charge in [0.25, 0.3) is 5.91 Å². The lowest BCUT2D eigenvalue weighted by molar-refractivity contribution is 0.0831. The second-order valence-electron chi connectivity index (χ2n) is 6.96. The number of rotatable bonds is 4. The Labute approximate surface area is 167 Å². The van der Waals surface area contributed by atoms with Crippen LogP contribution in [0.4, 0.5) is 5.69 Å². The van der Waals surface area contributed by atoms with Gasteiger partial charge in [0.2, 0.25) is 0 Å². The number of fused-ring (bicyclic) bond motifs is 2. The van der Waals surface area contributed by atoms with Gasteiger partial charge in [0, 0.05) is 22.2 Å². The van der Waals surface area contributed by atoms with Crippen LogP contribution in [-0.4, -0.2) is 30.0 Å². The quantitative estimate of drug-likeness (QED) is 0.737. The van der Waals surface area contributed by atoms with Gasteiger partial charge in [-0.25, -0.2) is 4.98 Å². The molecule has 144 valence electrons. The predicted octanol–water partition coefficient (Wildman–Crippen LogP) is 3.91. The number of carbonyl (C=O) groups excluding carboxylic acids is 1. The number of benzene rings is 2. The normalized spacial score (nSPS) is 14.6. The Morgan fingerprint density at radius 1 is 1.10 bits per heavy atom. The number of hydrogen-bond acceptors (Lipinski definition) is 5. The fraction of sp³-hybridized carbons (Fsp3) is 0.130. The number of amides is 1. The number of ether oxygens (including phenoxy) is 2. The summed E-state index contributed by atoms with van der Waals surface area (Å²) in [5.74, 6) is 1.32. The van der Waals surface area contributed by atoms with Crippen molar-refractivity contribution in [3.63, 3.8) is 0 Å².